The second-order valence-electron chi connectivity index (χ2n) is 4.33. The van der Waals surface area contributed by atoms with Gasteiger partial charge in [0.25, 0.3) is 0 Å². The van der Waals surface area contributed by atoms with Crippen LogP contribution in [0, 0.1) is 11.8 Å². The molecule has 0 spiro atoms. The molecule has 12 heavy (non-hydrogen) atoms. The lowest BCUT2D eigenvalue weighted by atomic mass is 9.78. The summed E-state index contributed by atoms with van der Waals surface area (Å²) in [6.45, 7) is 0. The van der Waals surface area contributed by atoms with Crippen molar-refractivity contribution in [3.05, 3.63) is 11.8 Å². The molecule has 3 atom stereocenters. The summed E-state index contributed by atoms with van der Waals surface area (Å²) in [5, 5.41) is 0. The van der Waals surface area contributed by atoms with Crippen molar-refractivity contribution in [3.63, 3.8) is 0 Å². The summed E-state index contributed by atoms with van der Waals surface area (Å²) < 4.78 is 0. The van der Waals surface area contributed by atoms with Crippen LogP contribution in [0.5, 0.6) is 0 Å². The van der Waals surface area contributed by atoms with E-state index in [1.165, 1.54) is 37.7 Å². The summed E-state index contributed by atoms with van der Waals surface area (Å²) in [4.78, 5) is 5.42. The SMILES string of the molecule is C1=C2CC3CCCC3CC2ON1. The third-order valence-electron chi connectivity index (χ3n) is 3.70. The summed E-state index contributed by atoms with van der Waals surface area (Å²) in [7, 11) is 0. The van der Waals surface area contributed by atoms with Gasteiger partial charge in [0.15, 0.2) is 0 Å². The molecule has 2 fully saturated rings. The highest BCUT2D eigenvalue weighted by molar-refractivity contribution is 5.15. The summed E-state index contributed by atoms with van der Waals surface area (Å²) in [6.07, 6.45) is 9.39. The summed E-state index contributed by atoms with van der Waals surface area (Å²) in [6, 6.07) is 0. The third-order valence-corrected chi connectivity index (χ3v) is 3.70. The smallest absolute Gasteiger partial charge is 0.108 e. The van der Waals surface area contributed by atoms with Gasteiger partial charge in [0, 0.05) is 6.20 Å². The van der Waals surface area contributed by atoms with Crippen LogP contribution in [0.1, 0.15) is 32.1 Å². The fraction of sp³-hybridized carbons (Fsp3) is 0.800. The van der Waals surface area contributed by atoms with Gasteiger partial charge in [-0.25, -0.2) is 0 Å². The van der Waals surface area contributed by atoms with Crippen LogP contribution in [0.4, 0.5) is 0 Å². The van der Waals surface area contributed by atoms with E-state index in [9.17, 15) is 0 Å². The van der Waals surface area contributed by atoms with Gasteiger partial charge in [-0.05, 0) is 36.7 Å². The predicted molar refractivity (Wildman–Crippen MR) is 46.2 cm³/mol. The van der Waals surface area contributed by atoms with Gasteiger partial charge in [-0.15, -0.1) is 0 Å². The van der Waals surface area contributed by atoms with Crippen molar-refractivity contribution >= 4 is 0 Å². The normalized spacial score (nSPS) is 44.7. The Balaban J connectivity index is 1.82. The molecule has 0 radical (unpaired) electrons. The quantitative estimate of drug-likeness (QED) is 0.592. The van der Waals surface area contributed by atoms with E-state index in [0.717, 1.165) is 11.8 Å². The molecule has 66 valence electrons. The van der Waals surface area contributed by atoms with Crippen molar-refractivity contribution < 1.29 is 4.84 Å². The van der Waals surface area contributed by atoms with Gasteiger partial charge < -0.3 is 0 Å². The summed E-state index contributed by atoms with van der Waals surface area (Å²) in [5.74, 6) is 1.95. The summed E-state index contributed by atoms with van der Waals surface area (Å²) in [5.41, 5.74) is 4.40. The van der Waals surface area contributed by atoms with E-state index < -0.39 is 0 Å². The Labute approximate surface area is 72.9 Å². The molecule has 0 amide bonds. The molecular formula is C10H15NO. The van der Waals surface area contributed by atoms with Crippen molar-refractivity contribution in [2.24, 2.45) is 11.8 Å². The van der Waals surface area contributed by atoms with Gasteiger partial charge in [0.1, 0.15) is 6.10 Å². The highest BCUT2D eigenvalue weighted by Crippen LogP contribution is 2.45. The first-order chi connectivity index (χ1) is 5.93. The van der Waals surface area contributed by atoms with Crippen molar-refractivity contribution in [2.45, 2.75) is 38.2 Å². The van der Waals surface area contributed by atoms with E-state index in [4.69, 9.17) is 4.84 Å². The number of rotatable bonds is 0. The topological polar surface area (TPSA) is 21.3 Å². The molecule has 0 aromatic rings. The Bertz CT molecular complexity index is 224. The van der Waals surface area contributed by atoms with Gasteiger partial charge in [0.2, 0.25) is 0 Å². The molecule has 3 aliphatic rings. The second kappa shape index (κ2) is 2.49. The van der Waals surface area contributed by atoms with Gasteiger partial charge >= 0.3 is 0 Å². The Morgan fingerprint density at radius 2 is 2.25 bits per heavy atom. The zero-order valence-electron chi connectivity index (χ0n) is 7.25. The maximum atomic E-state index is 5.42. The standard InChI is InChI=1S/C10H15NO/c1-2-7-4-9-6-11-12-10(9)5-8(7)3-1/h6-8,10-11H,1-5H2. The van der Waals surface area contributed by atoms with Crippen molar-refractivity contribution in [2.75, 3.05) is 0 Å². The number of fused-ring (bicyclic) bond motifs is 2. The number of hydrogen-bond acceptors (Lipinski definition) is 2. The van der Waals surface area contributed by atoms with E-state index in [1.54, 1.807) is 0 Å². The van der Waals surface area contributed by atoms with E-state index in [-0.39, 0.29) is 0 Å². The number of nitrogens with one attached hydrogen (secondary N) is 1. The zero-order valence-corrected chi connectivity index (χ0v) is 7.25. The highest BCUT2D eigenvalue weighted by Gasteiger charge is 2.38. The average Bonchev–Trinajstić information content (AvgIpc) is 2.64. The average molecular weight is 165 g/mol. The maximum absolute atomic E-state index is 5.42. The lowest BCUT2D eigenvalue weighted by Gasteiger charge is -2.29. The highest BCUT2D eigenvalue weighted by atomic mass is 16.7. The Hall–Kier alpha value is -0.500. The molecule has 2 saturated carbocycles. The molecule has 0 aromatic carbocycles. The van der Waals surface area contributed by atoms with Gasteiger partial charge in [-0.2, -0.15) is 0 Å². The minimum atomic E-state index is 0.421. The summed E-state index contributed by atoms with van der Waals surface area (Å²) >= 11 is 0. The molecule has 1 heterocycles. The van der Waals surface area contributed by atoms with E-state index in [1.807, 2.05) is 0 Å². The molecule has 1 N–H and O–H groups in total. The fourth-order valence-corrected chi connectivity index (χ4v) is 3.02. The van der Waals surface area contributed by atoms with Gasteiger partial charge in [-0.3, -0.25) is 10.3 Å². The predicted octanol–water partition coefficient (Wildman–Crippen LogP) is 1.98. The third kappa shape index (κ3) is 0.908. The molecule has 0 bridgehead atoms. The number of hydrogen-bond donors (Lipinski definition) is 1. The van der Waals surface area contributed by atoms with Crippen LogP contribution in [0.2, 0.25) is 0 Å². The molecule has 2 heteroatoms. The van der Waals surface area contributed by atoms with E-state index in [0.29, 0.717) is 6.10 Å². The molecule has 0 saturated heterocycles. The molecular weight excluding hydrogens is 150 g/mol. The molecule has 3 rings (SSSR count). The van der Waals surface area contributed by atoms with Crippen LogP contribution >= 0.6 is 0 Å². The van der Waals surface area contributed by atoms with Crippen LogP contribution in [0.25, 0.3) is 0 Å². The lowest BCUT2D eigenvalue weighted by Crippen LogP contribution is -2.26. The fourth-order valence-electron chi connectivity index (χ4n) is 3.02. The Kier molecular flexibility index (Phi) is 1.44. The first kappa shape index (κ1) is 6.96. The van der Waals surface area contributed by atoms with Crippen LogP contribution < -0.4 is 5.48 Å². The van der Waals surface area contributed by atoms with Crippen LogP contribution in [0.15, 0.2) is 11.8 Å². The molecule has 2 nitrogen and oxygen atoms in total. The monoisotopic (exact) mass is 165 g/mol. The minimum Gasteiger partial charge on any atom is -0.274 e. The molecule has 3 unspecified atom stereocenters. The maximum Gasteiger partial charge on any atom is 0.108 e. The molecule has 0 aromatic heterocycles. The Morgan fingerprint density at radius 1 is 1.33 bits per heavy atom. The van der Waals surface area contributed by atoms with Gasteiger partial charge in [0.05, 0.1) is 0 Å². The first-order valence-corrected chi connectivity index (χ1v) is 5.03. The van der Waals surface area contributed by atoms with Crippen LogP contribution in [-0.4, -0.2) is 6.10 Å². The van der Waals surface area contributed by atoms with Crippen molar-refractivity contribution in [1.29, 1.82) is 0 Å². The van der Waals surface area contributed by atoms with Crippen LogP contribution in [-0.2, 0) is 4.84 Å². The molecule has 2 aliphatic carbocycles. The first-order valence-electron chi connectivity index (χ1n) is 5.03. The largest absolute Gasteiger partial charge is 0.274 e. The Morgan fingerprint density at radius 3 is 3.25 bits per heavy atom. The minimum absolute atomic E-state index is 0.421. The zero-order chi connectivity index (χ0) is 7.97. The molecule has 1 aliphatic heterocycles. The second-order valence-corrected chi connectivity index (χ2v) is 4.33. The van der Waals surface area contributed by atoms with Gasteiger partial charge in [-0.1, -0.05) is 12.8 Å². The van der Waals surface area contributed by atoms with Crippen molar-refractivity contribution in [1.82, 2.24) is 5.48 Å². The lowest BCUT2D eigenvalue weighted by molar-refractivity contribution is 0.0142. The van der Waals surface area contributed by atoms with E-state index >= 15 is 0 Å². The number of hydroxylamine groups is 1. The van der Waals surface area contributed by atoms with Crippen molar-refractivity contribution in [3.8, 4) is 0 Å². The van der Waals surface area contributed by atoms with Crippen LogP contribution in [0.3, 0.4) is 0 Å². The van der Waals surface area contributed by atoms with E-state index in [2.05, 4.69) is 11.7 Å².